The van der Waals surface area contributed by atoms with E-state index in [0.717, 1.165) is 0 Å². The lowest BCUT2D eigenvalue weighted by Gasteiger charge is -2.09. The molecule has 0 aliphatic heterocycles. The van der Waals surface area contributed by atoms with Crippen molar-refractivity contribution in [1.29, 1.82) is 0 Å². The second-order valence-corrected chi connectivity index (χ2v) is 6.27. The molecule has 2 heterocycles. The number of aliphatic hydroxyl groups excluding tert-OH is 1. The maximum Gasteiger partial charge on any atom is 0.289 e. The summed E-state index contributed by atoms with van der Waals surface area (Å²) in [6.07, 6.45) is 3.61. The van der Waals surface area contributed by atoms with Crippen molar-refractivity contribution in [1.82, 2.24) is 0 Å². The van der Waals surface area contributed by atoms with E-state index in [4.69, 9.17) is 12.2 Å². The van der Waals surface area contributed by atoms with E-state index in [9.17, 15) is 9.50 Å². The Kier molecular flexibility index (Phi) is 4.98. The number of aromatic nitrogens is 1. The Balaban J connectivity index is 2.00. The molecule has 3 rings (SSSR count). The highest BCUT2D eigenvalue weighted by Gasteiger charge is 2.24. The van der Waals surface area contributed by atoms with Crippen LogP contribution < -0.4 is 9.88 Å². The van der Waals surface area contributed by atoms with E-state index < -0.39 is 0 Å². The Hall–Kier alpha value is -2.57. The molecule has 0 saturated heterocycles. The highest BCUT2D eigenvalue weighted by molar-refractivity contribution is 7.81. The van der Waals surface area contributed by atoms with Gasteiger partial charge in [-0.15, -0.1) is 11.3 Å². The number of thiocarbonyl (C=S) groups is 1. The van der Waals surface area contributed by atoms with Crippen LogP contribution in [0.4, 0.5) is 10.1 Å². The van der Waals surface area contributed by atoms with E-state index in [1.54, 1.807) is 29.1 Å². The molecule has 2 aromatic heterocycles. The molecule has 6 heteroatoms. The third-order valence-corrected chi connectivity index (χ3v) is 4.44. The van der Waals surface area contributed by atoms with Crippen LogP contribution >= 0.6 is 23.6 Å². The summed E-state index contributed by atoms with van der Waals surface area (Å²) in [5, 5.41) is 15.6. The molecule has 0 aliphatic carbocycles. The normalized spacial score (nSPS) is 11.7. The molecule has 0 fully saturated rings. The van der Waals surface area contributed by atoms with Gasteiger partial charge in [0.25, 0.3) is 5.70 Å². The molecule has 120 valence electrons. The summed E-state index contributed by atoms with van der Waals surface area (Å²) in [4.78, 5) is 1.05. The monoisotopic (exact) mass is 357 g/mol. The lowest BCUT2D eigenvalue weighted by Crippen LogP contribution is -2.38. The molecule has 24 heavy (non-hydrogen) atoms. The van der Waals surface area contributed by atoms with Crippen LogP contribution in [0.1, 0.15) is 4.88 Å². The van der Waals surface area contributed by atoms with Gasteiger partial charge in [-0.3, -0.25) is 0 Å². The highest BCUT2D eigenvalue weighted by Crippen LogP contribution is 2.22. The number of hydrogen-bond acceptors (Lipinski definition) is 3. The first-order chi connectivity index (χ1) is 11.6. The van der Waals surface area contributed by atoms with Gasteiger partial charge in [0.2, 0.25) is 5.76 Å². The zero-order valence-electron chi connectivity index (χ0n) is 12.5. The molecule has 0 atom stereocenters. The molecule has 3 nitrogen and oxygen atoms in total. The van der Waals surface area contributed by atoms with Crippen LogP contribution in [0, 0.1) is 5.82 Å². The van der Waals surface area contributed by atoms with E-state index in [1.807, 2.05) is 35.7 Å². The molecule has 0 saturated carbocycles. The van der Waals surface area contributed by atoms with Crippen LogP contribution in [0.5, 0.6) is 0 Å². The van der Waals surface area contributed by atoms with Gasteiger partial charge in [0.05, 0.1) is 4.88 Å². The molecule has 0 amide bonds. The van der Waals surface area contributed by atoms with Crippen molar-refractivity contribution < 1.29 is 14.1 Å². The van der Waals surface area contributed by atoms with Gasteiger partial charge in [0.1, 0.15) is 5.82 Å². The van der Waals surface area contributed by atoms with Crippen molar-refractivity contribution in [3.05, 3.63) is 83.1 Å². The van der Waals surface area contributed by atoms with Gasteiger partial charge in [-0.05, 0) is 35.7 Å². The van der Waals surface area contributed by atoms with Crippen LogP contribution in [-0.2, 0) is 0 Å². The molecule has 1 aromatic carbocycles. The Bertz CT molecular complexity index is 860. The van der Waals surface area contributed by atoms with Crippen molar-refractivity contribution in [2.75, 3.05) is 5.32 Å². The Labute approximate surface area is 148 Å². The van der Waals surface area contributed by atoms with Crippen LogP contribution in [-0.4, -0.2) is 10.1 Å². The van der Waals surface area contributed by atoms with Gasteiger partial charge in [0, 0.05) is 17.8 Å². The Morgan fingerprint density at radius 1 is 1.04 bits per heavy atom. The average molecular weight is 357 g/mol. The molecule has 0 aliphatic rings. The summed E-state index contributed by atoms with van der Waals surface area (Å²) in [5.41, 5.74) is 1.10. The van der Waals surface area contributed by atoms with Crippen LogP contribution in [0.15, 0.2) is 72.4 Å². The number of pyridine rings is 1. The zero-order valence-corrected chi connectivity index (χ0v) is 14.2. The average Bonchev–Trinajstić information content (AvgIpc) is 3.13. The van der Waals surface area contributed by atoms with Gasteiger partial charge in [0.15, 0.2) is 17.4 Å². The SMILES string of the molecule is O/C(=C(\C(=S)Nc1ccc(F)cc1)[n+]1ccccc1)c1cccs1. The molecule has 3 aromatic rings. The number of nitrogens with zero attached hydrogens (tertiary/aromatic N) is 1. The third-order valence-electron chi connectivity index (χ3n) is 3.27. The zero-order chi connectivity index (χ0) is 16.9. The summed E-state index contributed by atoms with van der Waals surface area (Å²) in [5.74, 6) is -0.234. The first-order valence-corrected chi connectivity index (χ1v) is 8.44. The summed E-state index contributed by atoms with van der Waals surface area (Å²) < 4.78 is 14.8. The largest absolute Gasteiger partial charge is 0.501 e. The van der Waals surface area contributed by atoms with Gasteiger partial charge >= 0.3 is 0 Å². The summed E-state index contributed by atoms with van der Waals surface area (Å²) in [6.45, 7) is 0. The van der Waals surface area contributed by atoms with Crippen LogP contribution in [0.2, 0.25) is 0 Å². The van der Waals surface area contributed by atoms with E-state index in [0.29, 0.717) is 21.3 Å². The molecule has 0 spiro atoms. The van der Waals surface area contributed by atoms with Crippen molar-refractivity contribution in [2.24, 2.45) is 0 Å². The van der Waals surface area contributed by atoms with Gasteiger partial charge < -0.3 is 10.4 Å². The maximum absolute atomic E-state index is 13.0. The maximum atomic E-state index is 13.0. The van der Waals surface area contributed by atoms with Crippen molar-refractivity contribution in [3.8, 4) is 0 Å². The summed E-state index contributed by atoms with van der Waals surface area (Å²) >= 11 is 6.91. The minimum atomic E-state index is -0.318. The smallest absolute Gasteiger partial charge is 0.289 e. The third kappa shape index (κ3) is 3.67. The van der Waals surface area contributed by atoms with Crippen molar-refractivity contribution in [2.45, 2.75) is 0 Å². The van der Waals surface area contributed by atoms with E-state index in [1.165, 1.54) is 23.5 Å². The standard InChI is InChI=1S/C18H13FN2OS2/c19-13-6-8-14(9-7-13)20-18(23)16(21-10-2-1-3-11-21)17(22)15-5-4-12-24-15/h1-12H,(H-,20,22,23)/p+1. The van der Waals surface area contributed by atoms with Crippen molar-refractivity contribution >= 4 is 45.7 Å². The summed E-state index contributed by atoms with van der Waals surface area (Å²) in [6, 6.07) is 15.2. The second-order valence-electron chi connectivity index (χ2n) is 4.92. The predicted molar refractivity (Wildman–Crippen MR) is 99.3 cm³/mol. The molecule has 0 bridgehead atoms. The predicted octanol–water partition coefficient (Wildman–Crippen LogP) is 4.50. The number of hydrogen-bond donors (Lipinski definition) is 2. The Morgan fingerprint density at radius 2 is 1.75 bits per heavy atom. The Morgan fingerprint density at radius 3 is 2.38 bits per heavy atom. The molecule has 0 radical (unpaired) electrons. The molecule has 0 unspecified atom stereocenters. The quantitative estimate of drug-likeness (QED) is 0.312. The topological polar surface area (TPSA) is 36.1 Å². The number of anilines is 1. The van der Waals surface area contributed by atoms with Gasteiger partial charge in [-0.25, -0.2) is 4.39 Å². The molecular formula is C18H14FN2OS2+. The first-order valence-electron chi connectivity index (χ1n) is 7.16. The number of thiophene rings is 1. The fourth-order valence-electron chi connectivity index (χ4n) is 2.15. The first kappa shape index (κ1) is 16.3. The minimum absolute atomic E-state index is 0.0841. The van der Waals surface area contributed by atoms with Gasteiger partial charge in [-0.2, -0.15) is 4.57 Å². The van der Waals surface area contributed by atoms with Crippen LogP contribution in [0.3, 0.4) is 0 Å². The summed E-state index contributed by atoms with van der Waals surface area (Å²) in [7, 11) is 0. The number of aliphatic hydroxyl groups is 1. The fourth-order valence-corrected chi connectivity index (χ4v) is 3.14. The lowest BCUT2D eigenvalue weighted by molar-refractivity contribution is -0.575. The minimum Gasteiger partial charge on any atom is -0.501 e. The molecule has 2 N–H and O–H groups in total. The number of nitrogens with one attached hydrogen (secondary N) is 1. The number of rotatable bonds is 4. The van der Waals surface area contributed by atoms with Gasteiger partial charge in [-0.1, -0.05) is 24.4 Å². The highest BCUT2D eigenvalue weighted by atomic mass is 32.1. The second kappa shape index (κ2) is 7.33. The number of benzene rings is 1. The van der Waals surface area contributed by atoms with E-state index in [2.05, 4.69) is 5.32 Å². The lowest BCUT2D eigenvalue weighted by atomic mass is 10.2. The fraction of sp³-hybridized carbons (Fsp3) is 0. The number of halogens is 1. The van der Waals surface area contributed by atoms with E-state index >= 15 is 0 Å². The molecular weight excluding hydrogens is 343 g/mol. The van der Waals surface area contributed by atoms with Crippen molar-refractivity contribution in [3.63, 3.8) is 0 Å². The van der Waals surface area contributed by atoms with Crippen LogP contribution in [0.25, 0.3) is 11.5 Å². The van der Waals surface area contributed by atoms with E-state index in [-0.39, 0.29) is 11.6 Å².